The van der Waals surface area contributed by atoms with Crippen LogP contribution in [0.25, 0.3) is 33.0 Å². The van der Waals surface area contributed by atoms with Crippen molar-refractivity contribution in [1.82, 2.24) is 4.98 Å². The highest BCUT2D eigenvalue weighted by atomic mass is 35.5. The molecule has 1 aromatic heterocycles. The fourth-order valence-corrected chi connectivity index (χ4v) is 4.56. The van der Waals surface area contributed by atoms with E-state index in [2.05, 4.69) is 4.98 Å². The lowest BCUT2D eigenvalue weighted by Crippen LogP contribution is -2.05. The zero-order valence-electron chi connectivity index (χ0n) is 16.4. The van der Waals surface area contributed by atoms with Crippen molar-refractivity contribution in [2.24, 2.45) is 0 Å². The molecule has 5 nitrogen and oxygen atoms in total. The Morgan fingerprint density at radius 2 is 1.72 bits per heavy atom. The van der Waals surface area contributed by atoms with E-state index in [0.717, 1.165) is 11.3 Å². The van der Waals surface area contributed by atoms with Crippen LogP contribution in [0.2, 0.25) is 15.1 Å². The van der Waals surface area contributed by atoms with Gasteiger partial charge in [-0.2, -0.15) is 0 Å². The van der Waals surface area contributed by atoms with Crippen LogP contribution in [-0.4, -0.2) is 23.4 Å². The molecule has 4 aromatic rings. The second kappa shape index (κ2) is 9.38. The van der Waals surface area contributed by atoms with Crippen molar-refractivity contribution in [2.45, 2.75) is 0 Å². The summed E-state index contributed by atoms with van der Waals surface area (Å²) in [6.07, 6.45) is -1.44. The number of nitrogens with zero attached hydrogens (tertiary/aromatic N) is 1. The Kier molecular flexibility index (Phi) is 6.58. The Labute approximate surface area is 202 Å². The molecule has 0 fully saturated rings. The van der Waals surface area contributed by atoms with Gasteiger partial charge in [0.25, 0.3) is 0 Å². The van der Waals surface area contributed by atoms with E-state index in [4.69, 9.17) is 44.3 Å². The van der Waals surface area contributed by atoms with Crippen LogP contribution < -0.4 is 9.47 Å². The molecule has 0 atom stereocenters. The molecule has 32 heavy (non-hydrogen) atoms. The highest BCUT2D eigenvalue weighted by molar-refractivity contribution is 7.13. The molecular formula is C23H14Cl3NO4S. The van der Waals surface area contributed by atoms with Gasteiger partial charge in [0.05, 0.1) is 27.9 Å². The molecule has 9 heteroatoms. The fourth-order valence-electron chi connectivity index (χ4n) is 3.17. The van der Waals surface area contributed by atoms with Gasteiger partial charge in [0.1, 0.15) is 16.5 Å². The normalized spacial score (nSPS) is 10.8. The second-order valence-corrected chi connectivity index (χ2v) is 8.64. The van der Waals surface area contributed by atoms with Gasteiger partial charge in [-0.1, -0.05) is 53.0 Å². The molecule has 162 valence electrons. The van der Waals surface area contributed by atoms with Crippen molar-refractivity contribution in [2.75, 3.05) is 7.11 Å². The topological polar surface area (TPSA) is 68.7 Å². The molecule has 0 amide bonds. The molecule has 4 rings (SSSR count). The first kappa shape index (κ1) is 22.4. The monoisotopic (exact) mass is 505 g/mol. The summed E-state index contributed by atoms with van der Waals surface area (Å²) in [5, 5.41) is 13.1. The summed E-state index contributed by atoms with van der Waals surface area (Å²) in [5.74, 6) is 0.615. The van der Waals surface area contributed by atoms with Crippen molar-refractivity contribution >= 4 is 52.3 Å². The minimum atomic E-state index is -1.44. The van der Waals surface area contributed by atoms with Crippen molar-refractivity contribution < 1.29 is 19.4 Å². The molecule has 0 spiro atoms. The number of rotatable bonds is 5. The van der Waals surface area contributed by atoms with Crippen molar-refractivity contribution in [3.8, 4) is 44.5 Å². The average molecular weight is 507 g/mol. The zero-order valence-corrected chi connectivity index (χ0v) is 19.5. The number of hydrogen-bond acceptors (Lipinski definition) is 5. The van der Waals surface area contributed by atoms with Gasteiger partial charge in [0.2, 0.25) is 0 Å². The van der Waals surface area contributed by atoms with E-state index in [1.165, 1.54) is 18.4 Å². The number of thiazole rings is 1. The Bertz CT molecular complexity index is 1320. The Hall–Kier alpha value is -2.77. The average Bonchev–Trinajstić information content (AvgIpc) is 3.25. The van der Waals surface area contributed by atoms with Crippen LogP contribution in [0, 0.1) is 0 Å². The van der Waals surface area contributed by atoms with Gasteiger partial charge < -0.3 is 14.6 Å². The van der Waals surface area contributed by atoms with Gasteiger partial charge in [-0.3, -0.25) is 0 Å². The van der Waals surface area contributed by atoms with E-state index in [9.17, 15) is 9.90 Å². The maximum Gasteiger partial charge on any atom is 0.511 e. The summed E-state index contributed by atoms with van der Waals surface area (Å²) in [6, 6.07) is 15.6. The number of ether oxygens (including phenoxy) is 2. The summed E-state index contributed by atoms with van der Waals surface area (Å²) in [4.78, 5) is 16.0. The maximum atomic E-state index is 11.4. The molecule has 0 saturated heterocycles. The minimum absolute atomic E-state index is 0.118. The Balaban J connectivity index is 1.78. The second-order valence-electron chi connectivity index (χ2n) is 6.56. The third kappa shape index (κ3) is 4.54. The molecule has 0 radical (unpaired) electrons. The number of benzene rings is 3. The van der Waals surface area contributed by atoms with Crippen LogP contribution in [0.3, 0.4) is 0 Å². The first-order valence-electron chi connectivity index (χ1n) is 9.16. The number of methoxy groups -OCH3 is 1. The van der Waals surface area contributed by atoms with Crippen LogP contribution in [0.15, 0.2) is 60.0 Å². The molecule has 0 bridgehead atoms. The number of carbonyl (C=O) groups is 1. The van der Waals surface area contributed by atoms with E-state index >= 15 is 0 Å². The van der Waals surface area contributed by atoms with E-state index in [-0.39, 0.29) is 5.75 Å². The molecule has 0 aliphatic rings. The number of hydrogen-bond donors (Lipinski definition) is 1. The highest BCUT2D eigenvalue weighted by Gasteiger charge is 2.19. The van der Waals surface area contributed by atoms with Gasteiger partial charge in [0.15, 0.2) is 0 Å². The molecule has 0 aliphatic carbocycles. The summed E-state index contributed by atoms with van der Waals surface area (Å²) in [6.45, 7) is 0. The number of aromatic nitrogens is 1. The summed E-state index contributed by atoms with van der Waals surface area (Å²) in [7, 11) is 1.52. The van der Waals surface area contributed by atoms with Gasteiger partial charge in [-0.05, 0) is 36.4 Å². The third-order valence-electron chi connectivity index (χ3n) is 4.61. The summed E-state index contributed by atoms with van der Waals surface area (Å²) >= 11 is 19.9. The zero-order chi connectivity index (χ0) is 22.8. The Morgan fingerprint density at radius 1 is 0.938 bits per heavy atom. The number of halogens is 3. The third-order valence-corrected chi connectivity index (χ3v) is 6.56. The number of carboxylic acid groups (broad SMARTS) is 1. The first-order valence-corrected chi connectivity index (χ1v) is 11.2. The molecule has 1 N–H and O–H groups in total. The van der Waals surface area contributed by atoms with Gasteiger partial charge >= 0.3 is 6.16 Å². The van der Waals surface area contributed by atoms with Crippen LogP contribution in [0.5, 0.6) is 11.5 Å². The predicted octanol–water partition coefficient (Wildman–Crippen LogP) is 8.17. The van der Waals surface area contributed by atoms with Gasteiger partial charge in [-0.15, -0.1) is 11.3 Å². The van der Waals surface area contributed by atoms with E-state index in [0.29, 0.717) is 42.5 Å². The predicted molar refractivity (Wildman–Crippen MR) is 129 cm³/mol. The molecular weight excluding hydrogens is 493 g/mol. The van der Waals surface area contributed by atoms with Crippen molar-refractivity contribution in [3.63, 3.8) is 0 Å². The minimum Gasteiger partial charge on any atom is -0.496 e. The Morgan fingerprint density at radius 3 is 2.44 bits per heavy atom. The molecule has 0 unspecified atom stereocenters. The maximum absolute atomic E-state index is 11.4. The lowest BCUT2D eigenvalue weighted by Gasteiger charge is -2.14. The quantitative estimate of drug-likeness (QED) is 0.218. The van der Waals surface area contributed by atoms with Crippen LogP contribution in [-0.2, 0) is 0 Å². The molecule has 0 aliphatic heterocycles. The van der Waals surface area contributed by atoms with Gasteiger partial charge in [0, 0.05) is 27.6 Å². The molecule has 1 heterocycles. The molecule has 0 saturated carbocycles. The fraction of sp³-hybridized carbons (Fsp3) is 0.0435. The van der Waals surface area contributed by atoms with E-state index in [1.54, 1.807) is 42.5 Å². The van der Waals surface area contributed by atoms with Crippen LogP contribution >= 0.6 is 46.1 Å². The smallest absolute Gasteiger partial charge is 0.496 e. The van der Waals surface area contributed by atoms with Crippen LogP contribution in [0.4, 0.5) is 4.79 Å². The summed E-state index contributed by atoms with van der Waals surface area (Å²) in [5.41, 5.74) is 3.25. The van der Waals surface area contributed by atoms with E-state index < -0.39 is 6.16 Å². The van der Waals surface area contributed by atoms with Crippen molar-refractivity contribution in [3.05, 3.63) is 75.0 Å². The summed E-state index contributed by atoms with van der Waals surface area (Å²) < 4.78 is 10.5. The van der Waals surface area contributed by atoms with Gasteiger partial charge in [-0.25, -0.2) is 9.78 Å². The largest absolute Gasteiger partial charge is 0.511 e. The lowest BCUT2D eigenvalue weighted by molar-refractivity contribution is 0.144. The van der Waals surface area contributed by atoms with Crippen molar-refractivity contribution in [1.29, 1.82) is 0 Å². The van der Waals surface area contributed by atoms with Crippen LogP contribution in [0.1, 0.15) is 0 Å². The SMILES string of the molecule is COc1cccc(Cl)c1-c1ccc(-c2nc(-c3ccc(Cl)c(Cl)c3)cs2)cc1OC(=O)O. The lowest BCUT2D eigenvalue weighted by atomic mass is 10.0. The molecule has 3 aromatic carbocycles. The van der Waals surface area contributed by atoms with E-state index in [1.807, 2.05) is 17.5 Å². The standard InChI is InChI=1S/C23H14Cl3NO4S/c1-30-19-4-2-3-16(25)21(19)14-7-5-13(10-20(14)31-23(28)29)22-27-18(11-32-22)12-6-8-15(24)17(26)9-12/h2-11H,1H3,(H,28,29). The first-order chi connectivity index (χ1) is 15.4. The highest BCUT2D eigenvalue weighted by Crippen LogP contribution is 2.43.